The fourth-order valence-corrected chi connectivity index (χ4v) is 3.88. The van der Waals surface area contributed by atoms with Gasteiger partial charge < -0.3 is 10.1 Å². The summed E-state index contributed by atoms with van der Waals surface area (Å²) < 4.78 is 5.69. The molecule has 2 aliphatic rings. The molecule has 88 valence electrons. The maximum absolute atomic E-state index is 5.69. The Morgan fingerprint density at radius 2 is 2.27 bits per heavy atom. The zero-order valence-electron chi connectivity index (χ0n) is 9.71. The van der Waals surface area contributed by atoms with Crippen LogP contribution in [-0.2, 0) is 4.74 Å². The van der Waals surface area contributed by atoms with Gasteiger partial charge in [-0.15, -0.1) is 0 Å². The number of hydrogen-bond acceptors (Lipinski definition) is 3. The van der Waals surface area contributed by atoms with E-state index in [-0.39, 0.29) is 0 Å². The summed E-state index contributed by atoms with van der Waals surface area (Å²) in [5.41, 5.74) is 0. The standard InChI is InChI=1S/C12H23NOS/c1-2-12-11(3-5-14-12)8-13-7-10-4-6-15-9-10/h10-13H,2-9H2,1H3. The SMILES string of the molecule is CCC1OCCC1CNCC1CCSC1. The van der Waals surface area contributed by atoms with Crippen molar-refractivity contribution in [2.24, 2.45) is 11.8 Å². The van der Waals surface area contributed by atoms with Crippen LogP contribution in [0.2, 0.25) is 0 Å². The second-order valence-electron chi connectivity index (χ2n) is 4.75. The van der Waals surface area contributed by atoms with Gasteiger partial charge in [0.2, 0.25) is 0 Å². The Balaban J connectivity index is 1.60. The van der Waals surface area contributed by atoms with Gasteiger partial charge >= 0.3 is 0 Å². The smallest absolute Gasteiger partial charge is 0.0613 e. The van der Waals surface area contributed by atoms with Crippen molar-refractivity contribution in [2.75, 3.05) is 31.2 Å². The molecule has 1 N–H and O–H groups in total. The van der Waals surface area contributed by atoms with E-state index in [2.05, 4.69) is 24.0 Å². The molecule has 2 nitrogen and oxygen atoms in total. The van der Waals surface area contributed by atoms with E-state index in [4.69, 9.17) is 4.74 Å². The fourth-order valence-electron chi connectivity index (χ4n) is 2.59. The van der Waals surface area contributed by atoms with Crippen molar-refractivity contribution in [3.8, 4) is 0 Å². The van der Waals surface area contributed by atoms with Crippen molar-refractivity contribution in [3.05, 3.63) is 0 Å². The van der Waals surface area contributed by atoms with E-state index >= 15 is 0 Å². The van der Waals surface area contributed by atoms with Crippen LogP contribution in [-0.4, -0.2) is 37.3 Å². The minimum Gasteiger partial charge on any atom is -0.378 e. The second-order valence-corrected chi connectivity index (χ2v) is 5.90. The predicted octanol–water partition coefficient (Wildman–Crippen LogP) is 2.14. The fraction of sp³-hybridized carbons (Fsp3) is 1.00. The molecule has 0 saturated carbocycles. The highest BCUT2D eigenvalue weighted by Crippen LogP contribution is 2.24. The maximum Gasteiger partial charge on any atom is 0.0613 e. The average molecular weight is 229 g/mol. The van der Waals surface area contributed by atoms with E-state index in [9.17, 15) is 0 Å². The van der Waals surface area contributed by atoms with Crippen LogP contribution < -0.4 is 5.32 Å². The van der Waals surface area contributed by atoms with Crippen molar-refractivity contribution in [3.63, 3.8) is 0 Å². The predicted molar refractivity (Wildman–Crippen MR) is 66.4 cm³/mol. The molecule has 0 bridgehead atoms. The summed E-state index contributed by atoms with van der Waals surface area (Å²) >= 11 is 2.11. The third-order valence-electron chi connectivity index (χ3n) is 3.61. The van der Waals surface area contributed by atoms with Crippen LogP contribution in [0.25, 0.3) is 0 Å². The molecule has 3 unspecified atom stereocenters. The Labute approximate surface area is 97.5 Å². The highest BCUT2D eigenvalue weighted by atomic mass is 32.2. The molecular formula is C12H23NOS. The van der Waals surface area contributed by atoms with Crippen LogP contribution in [0.4, 0.5) is 0 Å². The number of thioether (sulfide) groups is 1. The molecule has 0 aromatic carbocycles. The Morgan fingerprint density at radius 1 is 1.33 bits per heavy atom. The molecule has 2 aliphatic heterocycles. The van der Waals surface area contributed by atoms with Gasteiger partial charge in [0.15, 0.2) is 0 Å². The van der Waals surface area contributed by atoms with Crippen LogP contribution in [0.5, 0.6) is 0 Å². The number of hydrogen-bond donors (Lipinski definition) is 1. The molecule has 0 radical (unpaired) electrons. The molecule has 0 aromatic heterocycles. The van der Waals surface area contributed by atoms with Crippen molar-refractivity contribution in [2.45, 2.75) is 32.3 Å². The Hall–Kier alpha value is 0.270. The average Bonchev–Trinajstić information content (AvgIpc) is 2.88. The summed E-state index contributed by atoms with van der Waals surface area (Å²) in [6.45, 7) is 5.60. The van der Waals surface area contributed by atoms with Gasteiger partial charge in [0.25, 0.3) is 0 Å². The Morgan fingerprint density at radius 3 is 3.00 bits per heavy atom. The van der Waals surface area contributed by atoms with Gasteiger partial charge in [-0.05, 0) is 49.1 Å². The summed E-state index contributed by atoms with van der Waals surface area (Å²) in [5.74, 6) is 4.43. The van der Waals surface area contributed by atoms with Gasteiger partial charge in [0, 0.05) is 13.2 Å². The van der Waals surface area contributed by atoms with Crippen molar-refractivity contribution >= 4 is 11.8 Å². The van der Waals surface area contributed by atoms with Gasteiger partial charge in [0.1, 0.15) is 0 Å². The Kier molecular flexibility index (Phi) is 4.79. The maximum atomic E-state index is 5.69. The van der Waals surface area contributed by atoms with Gasteiger partial charge in [0.05, 0.1) is 6.10 Å². The quantitative estimate of drug-likeness (QED) is 0.780. The molecule has 2 fully saturated rings. The minimum absolute atomic E-state index is 0.524. The van der Waals surface area contributed by atoms with Crippen LogP contribution in [0.1, 0.15) is 26.2 Å². The highest BCUT2D eigenvalue weighted by Gasteiger charge is 2.26. The van der Waals surface area contributed by atoms with Gasteiger partial charge in [-0.25, -0.2) is 0 Å². The highest BCUT2D eigenvalue weighted by molar-refractivity contribution is 7.99. The van der Waals surface area contributed by atoms with Crippen molar-refractivity contribution in [1.82, 2.24) is 5.32 Å². The van der Waals surface area contributed by atoms with Crippen molar-refractivity contribution in [1.29, 1.82) is 0 Å². The Bertz CT molecular complexity index is 182. The summed E-state index contributed by atoms with van der Waals surface area (Å²) in [7, 11) is 0. The topological polar surface area (TPSA) is 21.3 Å². The molecule has 2 rings (SSSR count). The van der Waals surface area contributed by atoms with E-state index in [0.717, 1.165) is 18.4 Å². The first-order valence-corrected chi connectivity index (χ1v) is 7.45. The zero-order valence-corrected chi connectivity index (χ0v) is 10.5. The molecule has 2 saturated heterocycles. The molecule has 3 heteroatoms. The molecule has 0 aromatic rings. The lowest BCUT2D eigenvalue weighted by Gasteiger charge is -2.18. The molecule has 2 heterocycles. The van der Waals surface area contributed by atoms with E-state index in [1.54, 1.807) is 0 Å². The summed E-state index contributed by atoms with van der Waals surface area (Å²) in [5, 5.41) is 3.64. The number of ether oxygens (including phenoxy) is 1. The summed E-state index contributed by atoms with van der Waals surface area (Å²) in [6.07, 6.45) is 4.36. The third-order valence-corrected chi connectivity index (χ3v) is 4.84. The lowest BCUT2D eigenvalue weighted by Crippen LogP contribution is -2.31. The van der Waals surface area contributed by atoms with E-state index in [0.29, 0.717) is 6.10 Å². The summed E-state index contributed by atoms with van der Waals surface area (Å²) in [4.78, 5) is 0. The number of rotatable bonds is 5. The third kappa shape index (κ3) is 3.36. The zero-order chi connectivity index (χ0) is 10.5. The first kappa shape index (κ1) is 11.7. The molecule has 3 atom stereocenters. The first-order chi connectivity index (χ1) is 7.40. The summed E-state index contributed by atoms with van der Waals surface area (Å²) in [6, 6.07) is 0. The van der Waals surface area contributed by atoms with E-state index in [1.807, 2.05) is 0 Å². The monoisotopic (exact) mass is 229 g/mol. The van der Waals surface area contributed by atoms with Crippen LogP contribution in [0.15, 0.2) is 0 Å². The van der Waals surface area contributed by atoms with Gasteiger partial charge in [-0.1, -0.05) is 6.92 Å². The lowest BCUT2D eigenvalue weighted by molar-refractivity contribution is 0.0871. The minimum atomic E-state index is 0.524. The van der Waals surface area contributed by atoms with Gasteiger partial charge in [-0.3, -0.25) is 0 Å². The largest absolute Gasteiger partial charge is 0.378 e. The molecular weight excluding hydrogens is 206 g/mol. The molecule has 0 spiro atoms. The van der Waals surface area contributed by atoms with Crippen LogP contribution >= 0.6 is 11.8 Å². The van der Waals surface area contributed by atoms with Crippen molar-refractivity contribution < 1.29 is 4.74 Å². The normalized spacial score (nSPS) is 36.2. The van der Waals surface area contributed by atoms with Crippen LogP contribution in [0.3, 0.4) is 0 Å². The molecule has 0 aliphatic carbocycles. The molecule has 15 heavy (non-hydrogen) atoms. The molecule has 0 amide bonds. The van der Waals surface area contributed by atoms with Gasteiger partial charge in [-0.2, -0.15) is 11.8 Å². The van der Waals surface area contributed by atoms with E-state index < -0.39 is 0 Å². The lowest BCUT2D eigenvalue weighted by atomic mass is 9.99. The number of nitrogens with one attached hydrogen (secondary N) is 1. The first-order valence-electron chi connectivity index (χ1n) is 6.30. The second kappa shape index (κ2) is 6.12. The van der Waals surface area contributed by atoms with E-state index in [1.165, 1.54) is 43.9 Å². The van der Waals surface area contributed by atoms with Crippen LogP contribution in [0, 0.1) is 11.8 Å².